The van der Waals surface area contributed by atoms with Gasteiger partial charge in [0.2, 0.25) is 0 Å². The fraction of sp³-hybridized carbons (Fsp3) is 0.385. The first kappa shape index (κ1) is 15.2. The third kappa shape index (κ3) is 4.78. The number of ether oxygens (including phenoxy) is 1. The molecule has 3 nitrogen and oxygen atoms in total. The maximum atomic E-state index is 11.8. The standard InChI is InChI=1S/C13H14BrClO3/c1-2-7-18-13(17)6-5-12(16)9-3-4-10(14)11(15)8-9/h3-4,8H,2,5-7H2,1H3. The van der Waals surface area contributed by atoms with E-state index in [4.69, 9.17) is 16.3 Å². The van der Waals surface area contributed by atoms with Crippen LogP contribution in [0.15, 0.2) is 22.7 Å². The molecule has 0 saturated heterocycles. The summed E-state index contributed by atoms with van der Waals surface area (Å²) in [5.41, 5.74) is 0.506. The number of hydrogen-bond donors (Lipinski definition) is 0. The van der Waals surface area contributed by atoms with Crippen LogP contribution in [-0.4, -0.2) is 18.4 Å². The van der Waals surface area contributed by atoms with E-state index in [2.05, 4.69) is 15.9 Å². The lowest BCUT2D eigenvalue weighted by Crippen LogP contribution is -2.08. The molecule has 0 unspecified atom stereocenters. The second-order valence-corrected chi connectivity index (χ2v) is 5.03. The van der Waals surface area contributed by atoms with Gasteiger partial charge in [-0.25, -0.2) is 0 Å². The molecule has 0 aliphatic carbocycles. The van der Waals surface area contributed by atoms with Crippen LogP contribution >= 0.6 is 27.5 Å². The molecule has 1 rings (SSSR count). The molecule has 0 aliphatic rings. The average Bonchev–Trinajstić information content (AvgIpc) is 2.36. The minimum atomic E-state index is -0.339. The van der Waals surface area contributed by atoms with Crippen molar-refractivity contribution in [2.45, 2.75) is 26.2 Å². The van der Waals surface area contributed by atoms with Crippen molar-refractivity contribution in [3.05, 3.63) is 33.3 Å². The molecule has 0 heterocycles. The normalized spacial score (nSPS) is 10.2. The number of carbonyl (C=O) groups excluding carboxylic acids is 2. The van der Waals surface area contributed by atoms with Gasteiger partial charge in [-0.1, -0.05) is 24.6 Å². The molecule has 0 saturated carbocycles. The summed E-state index contributed by atoms with van der Waals surface area (Å²) in [4.78, 5) is 23.1. The van der Waals surface area contributed by atoms with E-state index in [0.717, 1.165) is 10.9 Å². The zero-order chi connectivity index (χ0) is 13.5. The van der Waals surface area contributed by atoms with Gasteiger partial charge >= 0.3 is 5.97 Å². The van der Waals surface area contributed by atoms with E-state index in [1.807, 2.05) is 6.92 Å². The van der Waals surface area contributed by atoms with Crippen LogP contribution in [0.2, 0.25) is 5.02 Å². The van der Waals surface area contributed by atoms with Crippen LogP contribution in [0.25, 0.3) is 0 Å². The third-order valence-corrected chi connectivity index (χ3v) is 3.50. The molecule has 0 spiro atoms. The highest BCUT2D eigenvalue weighted by Gasteiger charge is 2.11. The first-order valence-corrected chi connectivity index (χ1v) is 6.85. The third-order valence-electron chi connectivity index (χ3n) is 2.26. The second kappa shape index (κ2) is 7.54. The van der Waals surface area contributed by atoms with Crippen LogP contribution in [0, 0.1) is 0 Å². The summed E-state index contributed by atoms with van der Waals surface area (Å²) in [5.74, 6) is -0.453. The molecule has 0 atom stereocenters. The van der Waals surface area contributed by atoms with E-state index < -0.39 is 0 Å². The maximum absolute atomic E-state index is 11.8. The monoisotopic (exact) mass is 332 g/mol. The van der Waals surface area contributed by atoms with E-state index >= 15 is 0 Å². The van der Waals surface area contributed by atoms with Crippen LogP contribution in [0.1, 0.15) is 36.5 Å². The Hall–Kier alpha value is -0.870. The molecule has 98 valence electrons. The van der Waals surface area contributed by atoms with Gasteiger partial charge in [0.25, 0.3) is 0 Å². The van der Waals surface area contributed by atoms with Gasteiger partial charge in [-0.05, 0) is 34.5 Å². The Bertz CT molecular complexity index is 446. The van der Waals surface area contributed by atoms with Gasteiger partial charge in [0, 0.05) is 16.5 Å². The molecule has 0 aromatic heterocycles. The van der Waals surface area contributed by atoms with Gasteiger partial charge < -0.3 is 4.74 Å². The van der Waals surface area contributed by atoms with E-state index in [-0.39, 0.29) is 24.6 Å². The predicted octanol–water partition coefficient (Wildman–Crippen LogP) is 4.02. The molecule has 1 aromatic rings. The molecular weight excluding hydrogens is 319 g/mol. The maximum Gasteiger partial charge on any atom is 0.306 e. The molecule has 0 bridgehead atoms. The summed E-state index contributed by atoms with van der Waals surface area (Å²) in [6.07, 6.45) is 1.02. The lowest BCUT2D eigenvalue weighted by atomic mass is 10.1. The van der Waals surface area contributed by atoms with Gasteiger partial charge in [0.1, 0.15) is 0 Å². The quantitative estimate of drug-likeness (QED) is 0.583. The second-order valence-electron chi connectivity index (χ2n) is 3.77. The fourth-order valence-corrected chi connectivity index (χ4v) is 1.74. The lowest BCUT2D eigenvalue weighted by molar-refractivity contribution is -0.143. The Morgan fingerprint density at radius 3 is 2.67 bits per heavy atom. The fourth-order valence-electron chi connectivity index (χ4n) is 1.32. The highest BCUT2D eigenvalue weighted by Crippen LogP contribution is 2.23. The van der Waals surface area contributed by atoms with Gasteiger partial charge in [0.05, 0.1) is 18.1 Å². The van der Waals surface area contributed by atoms with E-state index in [9.17, 15) is 9.59 Å². The molecule has 0 amide bonds. The largest absolute Gasteiger partial charge is 0.466 e. The molecule has 1 aromatic carbocycles. The van der Waals surface area contributed by atoms with Crippen molar-refractivity contribution in [1.29, 1.82) is 0 Å². The Morgan fingerprint density at radius 2 is 2.06 bits per heavy atom. The van der Waals surface area contributed by atoms with Crippen LogP contribution in [-0.2, 0) is 9.53 Å². The number of hydrogen-bond acceptors (Lipinski definition) is 3. The summed E-state index contributed by atoms with van der Waals surface area (Å²) in [5, 5.41) is 0.481. The Kier molecular flexibility index (Phi) is 6.36. The minimum Gasteiger partial charge on any atom is -0.466 e. The van der Waals surface area contributed by atoms with Gasteiger partial charge in [-0.2, -0.15) is 0 Å². The molecule has 0 radical (unpaired) electrons. The van der Waals surface area contributed by atoms with Crippen LogP contribution in [0.3, 0.4) is 0 Å². The van der Waals surface area contributed by atoms with Gasteiger partial charge in [0.15, 0.2) is 5.78 Å². The number of ketones is 1. The topological polar surface area (TPSA) is 43.4 Å². The summed E-state index contributed by atoms with van der Waals surface area (Å²) in [6, 6.07) is 4.98. The predicted molar refractivity (Wildman–Crippen MR) is 74.0 cm³/mol. The number of esters is 1. The SMILES string of the molecule is CCCOC(=O)CCC(=O)c1ccc(Br)c(Cl)c1. The number of carbonyl (C=O) groups is 2. The van der Waals surface area contributed by atoms with E-state index in [1.54, 1.807) is 18.2 Å². The number of benzene rings is 1. The molecule has 18 heavy (non-hydrogen) atoms. The van der Waals surface area contributed by atoms with Crippen molar-refractivity contribution in [2.24, 2.45) is 0 Å². The summed E-state index contributed by atoms with van der Waals surface area (Å²) in [7, 11) is 0. The van der Waals surface area contributed by atoms with E-state index in [1.165, 1.54) is 0 Å². The summed E-state index contributed by atoms with van der Waals surface area (Å²) >= 11 is 9.15. The highest BCUT2D eigenvalue weighted by molar-refractivity contribution is 9.10. The summed E-state index contributed by atoms with van der Waals surface area (Å²) in [6.45, 7) is 2.32. The molecular formula is C13H14BrClO3. The van der Waals surface area contributed by atoms with E-state index in [0.29, 0.717) is 17.2 Å². The van der Waals surface area contributed by atoms with Crippen molar-refractivity contribution >= 4 is 39.3 Å². The first-order chi connectivity index (χ1) is 8.54. The van der Waals surface area contributed by atoms with Crippen molar-refractivity contribution < 1.29 is 14.3 Å². The van der Waals surface area contributed by atoms with Gasteiger partial charge in [-0.3, -0.25) is 9.59 Å². The van der Waals surface area contributed by atoms with Crippen LogP contribution in [0.4, 0.5) is 0 Å². The molecule has 0 fully saturated rings. The number of Topliss-reactive ketones (excluding diaryl/α,β-unsaturated/α-hetero) is 1. The van der Waals surface area contributed by atoms with Crippen molar-refractivity contribution in [2.75, 3.05) is 6.61 Å². The molecule has 0 aliphatic heterocycles. The zero-order valence-corrected chi connectivity index (χ0v) is 12.4. The first-order valence-electron chi connectivity index (χ1n) is 5.68. The van der Waals surface area contributed by atoms with Gasteiger partial charge in [-0.15, -0.1) is 0 Å². The summed E-state index contributed by atoms with van der Waals surface area (Å²) < 4.78 is 5.63. The smallest absolute Gasteiger partial charge is 0.306 e. The average molecular weight is 334 g/mol. The van der Waals surface area contributed by atoms with Crippen LogP contribution in [0.5, 0.6) is 0 Å². The minimum absolute atomic E-state index is 0.104. The Labute approximate surface area is 120 Å². The Balaban J connectivity index is 2.50. The Morgan fingerprint density at radius 1 is 1.33 bits per heavy atom. The van der Waals surface area contributed by atoms with Crippen molar-refractivity contribution in [3.63, 3.8) is 0 Å². The zero-order valence-electron chi connectivity index (χ0n) is 10.0. The number of rotatable bonds is 6. The molecule has 0 N–H and O–H groups in total. The van der Waals surface area contributed by atoms with Crippen molar-refractivity contribution in [3.8, 4) is 0 Å². The lowest BCUT2D eigenvalue weighted by Gasteiger charge is -2.04. The van der Waals surface area contributed by atoms with Crippen molar-refractivity contribution in [1.82, 2.24) is 0 Å². The molecule has 5 heteroatoms. The van der Waals surface area contributed by atoms with Crippen LogP contribution < -0.4 is 0 Å². The highest BCUT2D eigenvalue weighted by atomic mass is 79.9. The number of halogens is 2.